The molecule has 5 rings (SSSR count). The van der Waals surface area contributed by atoms with Crippen molar-refractivity contribution in [2.24, 2.45) is 4.99 Å². The van der Waals surface area contributed by atoms with Crippen LogP contribution in [0.1, 0.15) is 12.0 Å². The number of aromatic nitrogens is 3. The maximum absolute atomic E-state index is 11.8. The van der Waals surface area contributed by atoms with E-state index in [2.05, 4.69) is 24.8 Å². The zero-order chi connectivity index (χ0) is 22.8. The van der Waals surface area contributed by atoms with Gasteiger partial charge in [0, 0.05) is 41.4 Å². The lowest BCUT2D eigenvalue weighted by atomic mass is 10.1. The number of carbonyl (C=O) groups excluding carboxylic acids is 1. The number of nitrogens with one attached hydrogen (secondary N) is 1. The Morgan fingerprint density at radius 1 is 1.27 bits per heavy atom. The lowest BCUT2D eigenvalue weighted by molar-refractivity contribution is -0.118. The minimum Gasteiger partial charge on any atom is -0.482 e. The average molecular weight is 480 g/mol. The van der Waals surface area contributed by atoms with E-state index in [-0.39, 0.29) is 12.5 Å². The summed E-state index contributed by atoms with van der Waals surface area (Å²) in [6, 6.07) is 11.6. The number of hydrogen-bond donors (Lipinski definition) is 1. The van der Waals surface area contributed by atoms with E-state index in [0.717, 1.165) is 46.8 Å². The number of fused-ring (bicyclic) bond motifs is 1. The Morgan fingerprint density at radius 2 is 2.18 bits per heavy atom. The fraction of sp³-hybridized carbons (Fsp3) is 0.208. The van der Waals surface area contributed by atoms with Crippen molar-refractivity contribution < 1.29 is 9.53 Å². The van der Waals surface area contributed by atoms with Crippen LogP contribution in [0.15, 0.2) is 65.5 Å². The van der Waals surface area contributed by atoms with Crippen LogP contribution >= 0.6 is 22.9 Å². The van der Waals surface area contributed by atoms with Crippen LogP contribution in [0, 0.1) is 6.92 Å². The third kappa shape index (κ3) is 4.58. The summed E-state index contributed by atoms with van der Waals surface area (Å²) < 4.78 is 9.80. The zero-order valence-electron chi connectivity index (χ0n) is 18.0. The number of hydrogen-bond acceptors (Lipinski definition) is 5. The second-order valence-electron chi connectivity index (χ2n) is 7.75. The van der Waals surface area contributed by atoms with Crippen LogP contribution in [0.5, 0.6) is 5.75 Å². The molecule has 0 saturated carbocycles. The Labute approximate surface area is 200 Å². The van der Waals surface area contributed by atoms with Gasteiger partial charge in [-0.15, -0.1) is 11.3 Å². The quantitative estimate of drug-likeness (QED) is 0.421. The topological polar surface area (TPSA) is 73.4 Å². The summed E-state index contributed by atoms with van der Waals surface area (Å²) in [7, 11) is 0. The summed E-state index contributed by atoms with van der Waals surface area (Å²) in [4.78, 5) is 21.7. The number of benzene rings is 2. The van der Waals surface area contributed by atoms with Gasteiger partial charge in [-0.3, -0.25) is 4.79 Å². The van der Waals surface area contributed by atoms with E-state index >= 15 is 0 Å². The largest absolute Gasteiger partial charge is 0.482 e. The Morgan fingerprint density at radius 3 is 3.03 bits per heavy atom. The Bertz CT molecular complexity index is 1370. The van der Waals surface area contributed by atoms with Crippen molar-refractivity contribution in [3.05, 3.63) is 75.9 Å². The van der Waals surface area contributed by atoms with E-state index in [4.69, 9.17) is 21.3 Å². The normalized spacial score (nSPS) is 13.5. The molecule has 0 fully saturated rings. The van der Waals surface area contributed by atoms with Gasteiger partial charge in [0.05, 0.1) is 23.4 Å². The number of carbonyl (C=O) groups is 1. The molecule has 168 valence electrons. The number of anilines is 1. The fourth-order valence-corrected chi connectivity index (χ4v) is 4.88. The summed E-state index contributed by atoms with van der Waals surface area (Å²) in [5.74, 6) is 0.532. The van der Waals surface area contributed by atoms with Crippen LogP contribution in [0.2, 0.25) is 5.02 Å². The molecule has 7 nitrogen and oxygen atoms in total. The molecular formula is C24H22ClN5O2S. The monoisotopic (exact) mass is 479 g/mol. The van der Waals surface area contributed by atoms with E-state index in [1.54, 1.807) is 17.5 Å². The molecule has 33 heavy (non-hydrogen) atoms. The first-order valence-corrected chi connectivity index (χ1v) is 11.9. The van der Waals surface area contributed by atoms with Crippen molar-refractivity contribution in [2.75, 3.05) is 11.9 Å². The van der Waals surface area contributed by atoms with Gasteiger partial charge < -0.3 is 19.2 Å². The van der Waals surface area contributed by atoms with Gasteiger partial charge in [0.1, 0.15) is 5.75 Å². The number of halogens is 1. The van der Waals surface area contributed by atoms with E-state index in [1.165, 1.54) is 0 Å². The van der Waals surface area contributed by atoms with Crippen LogP contribution in [-0.2, 0) is 17.9 Å². The number of thiazole rings is 1. The molecular weight excluding hydrogens is 458 g/mol. The number of rotatable bonds is 6. The van der Waals surface area contributed by atoms with E-state index in [9.17, 15) is 4.79 Å². The Hall–Kier alpha value is -3.36. The van der Waals surface area contributed by atoms with Crippen LogP contribution in [-0.4, -0.2) is 26.6 Å². The minimum absolute atomic E-state index is 0.0427. The first-order valence-electron chi connectivity index (χ1n) is 10.6. The molecule has 0 atom stereocenters. The van der Waals surface area contributed by atoms with Crippen LogP contribution < -0.4 is 14.9 Å². The second-order valence-corrected chi connectivity index (χ2v) is 9.00. The van der Waals surface area contributed by atoms with Gasteiger partial charge in [-0.2, -0.15) is 0 Å². The minimum atomic E-state index is -0.148. The highest BCUT2D eigenvalue weighted by molar-refractivity contribution is 7.07. The smallest absolute Gasteiger partial charge is 0.262 e. The lowest BCUT2D eigenvalue weighted by Gasteiger charge is -2.19. The molecule has 0 bridgehead atoms. The van der Waals surface area contributed by atoms with Crippen LogP contribution in [0.4, 0.5) is 11.4 Å². The fourth-order valence-electron chi connectivity index (χ4n) is 3.76. The lowest BCUT2D eigenvalue weighted by Crippen LogP contribution is -2.25. The highest BCUT2D eigenvalue weighted by atomic mass is 35.5. The molecule has 1 aliphatic rings. The van der Waals surface area contributed by atoms with Gasteiger partial charge in [-0.05, 0) is 49.2 Å². The molecule has 0 aliphatic carbocycles. The number of nitrogens with zero attached hydrogens (tertiary/aromatic N) is 4. The Kier molecular flexibility index (Phi) is 6.02. The molecule has 2 aromatic heterocycles. The van der Waals surface area contributed by atoms with E-state index in [1.807, 2.05) is 55.8 Å². The summed E-state index contributed by atoms with van der Waals surface area (Å²) >= 11 is 7.90. The maximum atomic E-state index is 11.8. The van der Waals surface area contributed by atoms with Gasteiger partial charge in [0.25, 0.3) is 5.91 Å². The van der Waals surface area contributed by atoms with E-state index < -0.39 is 0 Å². The molecule has 1 N–H and O–H groups in total. The highest BCUT2D eigenvalue weighted by Gasteiger charge is 2.18. The molecule has 0 spiro atoms. The van der Waals surface area contributed by atoms with Crippen LogP contribution in [0.3, 0.4) is 0 Å². The van der Waals surface area contributed by atoms with Gasteiger partial charge in [-0.25, -0.2) is 9.98 Å². The molecule has 2 aromatic carbocycles. The number of aryl methyl sites for hydroxylation is 1. The molecule has 9 heteroatoms. The third-order valence-electron chi connectivity index (χ3n) is 5.52. The summed E-state index contributed by atoms with van der Waals surface area (Å²) in [6.07, 6.45) is 6.49. The Balaban J connectivity index is 1.55. The summed E-state index contributed by atoms with van der Waals surface area (Å²) in [5.41, 5.74) is 4.51. The second kappa shape index (κ2) is 9.25. The number of amides is 1. The maximum Gasteiger partial charge on any atom is 0.262 e. The van der Waals surface area contributed by atoms with E-state index in [0.29, 0.717) is 16.5 Å². The van der Waals surface area contributed by atoms with Gasteiger partial charge in [0.15, 0.2) is 11.4 Å². The molecule has 0 radical (unpaired) electrons. The predicted octanol–water partition coefficient (Wildman–Crippen LogP) is 5.03. The van der Waals surface area contributed by atoms with Gasteiger partial charge >= 0.3 is 0 Å². The molecule has 0 saturated heterocycles. The van der Waals surface area contributed by atoms with Crippen molar-refractivity contribution in [2.45, 2.75) is 26.4 Å². The first-order chi connectivity index (χ1) is 16.1. The molecule has 0 unspecified atom stereocenters. The predicted molar refractivity (Wildman–Crippen MR) is 130 cm³/mol. The molecule has 3 heterocycles. The molecule has 1 amide bonds. The summed E-state index contributed by atoms with van der Waals surface area (Å²) in [5, 5.41) is 5.69. The van der Waals surface area contributed by atoms with Gasteiger partial charge in [-0.1, -0.05) is 17.7 Å². The number of imidazole rings is 1. The number of ether oxygens (including phenoxy) is 1. The zero-order valence-corrected chi connectivity index (χ0v) is 19.6. The average Bonchev–Trinajstić information content (AvgIpc) is 3.47. The first kappa shape index (κ1) is 21.5. The van der Waals surface area contributed by atoms with Crippen LogP contribution in [0.25, 0.3) is 11.3 Å². The van der Waals surface area contributed by atoms with Crippen molar-refractivity contribution >= 4 is 40.2 Å². The van der Waals surface area contributed by atoms with Gasteiger partial charge in [0.2, 0.25) is 0 Å². The van der Waals surface area contributed by atoms with Crippen molar-refractivity contribution in [1.29, 1.82) is 0 Å². The highest BCUT2D eigenvalue weighted by Crippen LogP contribution is 2.33. The van der Waals surface area contributed by atoms with Crippen molar-refractivity contribution in [3.63, 3.8) is 0 Å². The third-order valence-corrected chi connectivity index (χ3v) is 6.79. The molecule has 4 aromatic rings. The van der Waals surface area contributed by atoms with Crippen molar-refractivity contribution in [3.8, 4) is 17.0 Å². The van der Waals surface area contributed by atoms with Crippen molar-refractivity contribution in [1.82, 2.24) is 14.1 Å². The summed E-state index contributed by atoms with van der Waals surface area (Å²) in [6.45, 7) is 3.65. The standard InChI is InChI=1S/C24H22ClN5O2S/c1-16-18(25)4-2-5-19(16)28-24-30(10-3-9-29-11-8-26-15-29)21(14-33-24)17-6-7-22-20(12-17)27-23(31)13-32-22/h2,4-8,11-12,14-15H,3,9-10,13H2,1H3,(H,27,31). The SMILES string of the molecule is Cc1c(Cl)cccc1N=c1scc(-c2ccc3c(c2)NC(=O)CO3)n1CCCn1ccnc1. The molecule has 1 aliphatic heterocycles.